The molecule has 1 heterocycles. The summed E-state index contributed by atoms with van der Waals surface area (Å²) >= 11 is 0. The highest BCUT2D eigenvalue weighted by Crippen LogP contribution is 2.17. The van der Waals surface area contributed by atoms with Crippen LogP contribution >= 0.6 is 0 Å². The Morgan fingerprint density at radius 1 is 1.35 bits per heavy atom. The molecule has 0 amide bonds. The second-order valence-electron chi connectivity index (χ2n) is 4.76. The SMILES string of the molecule is CC(NCCc1ccn(C)n1)c1ccc([N+](=O)[O-])cc1. The zero-order valence-corrected chi connectivity index (χ0v) is 11.6. The van der Waals surface area contributed by atoms with Crippen molar-refractivity contribution in [2.24, 2.45) is 7.05 Å². The Morgan fingerprint density at radius 2 is 2.05 bits per heavy atom. The highest BCUT2D eigenvalue weighted by Gasteiger charge is 2.08. The molecule has 106 valence electrons. The molecular weight excluding hydrogens is 256 g/mol. The molecular formula is C14H18N4O2. The van der Waals surface area contributed by atoms with Crippen LogP contribution in [0.4, 0.5) is 5.69 Å². The Balaban J connectivity index is 1.85. The van der Waals surface area contributed by atoms with Gasteiger partial charge in [-0.1, -0.05) is 12.1 Å². The molecule has 0 saturated heterocycles. The number of nitrogens with one attached hydrogen (secondary N) is 1. The summed E-state index contributed by atoms with van der Waals surface area (Å²) in [4.78, 5) is 10.2. The zero-order chi connectivity index (χ0) is 14.5. The van der Waals surface area contributed by atoms with Gasteiger partial charge in [0, 0.05) is 44.4 Å². The van der Waals surface area contributed by atoms with Crippen LogP contribution in [-0.4, -0.2) is 21.2 Å². The molecule has 0 spiro atoms. The van der Waals surface area contributed by atoms with Crippen LogP contribution in [0.25, 0.3) is 0 Å². The van der Waals surface area contributed by atoms with E-state index in [0.717, 1.165) is 24.2 Å². The van der Waals surface area contributed by atoms with Crippen molar-refractivity contribution in [2.75, 3.05) is 6.54 Å². The summed E-state index contributed by atoms with van der Waals surface area (Å²) in [5, 5.41) is 18.3. The van der Waals surface area contributed by atoms with E-state index in [9.17, 15) is 10.1 Å². The van der Waals surface area contributed by atoms with Gasteiger partial charge in [0.1, 0.15) is 0 Å². The molecule has 2 rings (SSSR count). The van der Waals surface area contributed by atoms with E-state index in [1.807, 2.05) is 26.2 Å². The largest absolute Gasteiger partial charge is 0.310 e. The molecule has 1 atom stereocenters. The first-order chi connectivity index (χ1) is 9.56. The second kappa shape index (κ2) is 6.29. The average molecular weight is 274 g/mol. The second-order valence-corrected chi connectivity index (χ2v) is 4.76. The third-order valence-corrected chi connectivity index (χ3v) is 3.20. The number of rotatable bonds is 6. The van der Waals surface area contributed by atoms with Crippen molar-refractivity contribution in [2.45, 2.75) is 19.4 Å². The Kier molecular flexibility index (Phi) is 4.47. The van der Waals surface area contributed by atoms with Crippen molar-refractivity contribution >= 4 is 5.69 Å². The van der Waals surface area contributed by atoms with Gasteiger partial charge in [-0.2, -0.15) is 5.10 Å². The Hall–Kier alpha value is -2.21. The van der Waals surface area contributed by atoms with Crippen LogP contribution < -0.4 is 5.32 Å². The van der Waals surface area contributed by atoms with Gasteiger partial charge in [-0.25, -0.2) is 0 Å². The van der Waals surface area contributed by atoms with Crippen LogP contribution in [0.2, 0.25) is 0 Å². The molecule has 0 aliphatic heterocycles. The van der Waals surface area contributed by atoms with E-state index in [4.69, 9.17) is 0 Å². The minimum atomic E-state index is -0.386. The van der Waals surface area contributed by atoms with Crippen molar-refractivity contribution in [1.29, 1.82) is 0 Å². The van der Waals surface area contributed by atoms with Crippen molar-refractivity contribution in [3.63, 3.8) is 0 Å². The number of nitro benzene ring substituents is 1. The molecule has 0 radical (unpaired) electrons. The topological polar surface area (TPSA) is 73.0 Å². The van der Waals surface area contributed by atoms with Crippen LogP contribution in [0.5, 0.6) is 0 Å². The number of non-ortho nitro benzene ring substituents is 1. The van der Waals surface area contributed by atoms with Crippen LogP contribution in [0.3, 0.4) is 0 Å². The molecule has 0 saturated carbocycles. The van der Waals surface area contributed by atoms with E-state index < -0.39 is 0 Å². The molecule has 1 aromatic heterocycles. The van der Waals surface area contributed by atoms with Crippen LogP contribution in [0, 0.1) is 10.1 Å². The summed E-state index contributed by atoms with van der Waals surface area (Å²) in [5.41, 5.74) is 2.21. The van der Waals surface area contributed by atoms with Crippen molar-refractivity contribution in [3.05, 3.63) is 57.9 Å². The molecule has 1 N–H and O–H groups in total. The van der Waals surface area contributed by atoms with Gasteiger partial charge in [-0.3, -0.25) is 14.8 Å². The van der Waals surface area contributed by atoms with Crippen molar-refractivity contribution in [3.8, 4) is 0 Å². The van der Waals surface area contributed by atoms with Crippen molar-refractivity contribution in [1.82, 2.24) is 15.1 Å². The monoisotopic (exact) mass is 274 g/mol. The third kappa shape index (κ3) is 3.64. The lowest BCUT2D eigenvalue weighted by atomic mass is 10.1. The summed E-state index contributed by atoms with van der Waals surface area (Å²) < 4.78 is 1.79. The third-order valence-electron chi connectivity index (χ3n) is 3.20. The lowest BCUT2D eigenvalue weighted by molar-refractivity contribution is -0.384. The Bertz CT molecular complexity index is 577. The fourth-order valence-corrected chi connectivity index (χ4v) is 2.02. The number of aryl methyl sites for hydroxylation is 1. The molecule has 0 aliphatic rings. The fourth-order valence-electron chi connectivity index (χ4n) is 2.02. The van der Waals surface area contributed by atoms with E-state index in [0.29, 0.717) is 0 Å². The number of hydrogen-bond donors (Lipinski definition) is 1. The minimum absolute atomic E-state index is 0.120. The van der Waals surface area contributed by atoms with E-state index in [-0.39, 0.29) is 16.7 Å². The van der Waals surface area contributed by atoms with Gasteiger partial charge in [0.05, 0.1) is 10.6 Å². The van der Waals surface area contributed by atoms with Gasteiger partial charge in [-0.05, 0) is 18.6 Å². The predicted octanol–water partition coefficient (Wildman–Crippen LogP) is 2.22. The predicted molar refractivity (Wildman–Crippen MR) is 76.4 cm³/mol. The minimum Gasteiger partial charge on any atom is -0.310 e. The summed E-state index contributed by atoms with van der Waals surface area (Å²) in [6.07, 6.45) is 2.78. The standard InChI is InChI=1S/C14H18N4O2/c1-11(12-3-5-14(6-4-12)18(19)20)15-9-7-13-8-10-17(2)16-13/h3-6,8,10-11,15H,7,9H2,1-2H3. The quantitative estimate of drug-likeness (QED) is 0.647. The van der Waals surface area contributed by atoms with E-state index in [1.165, 1.54) is 12.1 Å². The molecule has 0 bridgehead atoms. The van der Waals surface area contributed by atoms with Gasteiger partial charge in [0.25, 0.3) is 5.69 Å². The molecule has 0 fully saturated rings. The first kappa shape index (κ1) is 14.2. The number of benzene rings is 1. The normalized spacial score (nSPS) is 12.3. The van der Waals surface area contributed by atoms with Gasteiger partial charge >= 0.3 is 0 Å². The first-order valence-corrected chi connectivity index (χ1v) is 6.52. The number of aromatic nitrogens is 2. The van der Waals surface area contributed by atoms with E-state index in [2.05, 4.69) is 10.4 Å². The van der Waals surface area contributed by atoms with E-state index in [1.54, 1.807) is 16.8 Å². The lowest BCUT2D eigenvalue weighted by Crippen LogP contribution is -2.21. The Labute approximate surface area is 117 Å². The maximum atomic E-state index is 10.6. The number of nitrogens with zero attached hydrogens (tertiary/aromatic N) is 3. The lowest BCUT2D eigenvalue weighted by Gasteiger charge is -2.13. The Morgan fingerprint density at radius 3 is 2.60 bits per heavy atom. The average Bonchev–Trinajstić information content (AvgIpc) is 2.84. The molecule has 6 nitrogen and oxygen atoms in total. The van der Waals surface area contributed by atoms with Crippen LogP contribution in [0.15, 0.2) is 36.5 Å². The van der Waals surface area contributed by atoms with E-state index >= 15 is 0 Å². The fraction of sp³-hybridized carbons (Fsp3) is 0.357. The van der Waals surface area contributed by atoms with Gasteiger partial charge < -0.3 is 5.32 Å². The summed E-state index contributed by atoms with van der Waals surface area (Å²) in [6, 6.07) is 8.80. The molecule has 6 heteroatoms. The van der Waals surface area contributed by atoms with Crippen LogP contribution in [0.1, 0.15) is 24.2 Å². The highest BCUT2D eigenvalue weighted by atomic mass is 16.6. The molecule has 1 unspecified atom stereocenters. The smallest absolute Gasteiger partial charge is 0.269 e. The molecule has 20 heavy (non-hydrogen) atoms. The number of nitro groups is 1. The van der Waals surface area contributed by atoms with Gasteiger partial charge in [0.2, 0.25) is 0 Å². The molecule has 0 aliphatic carbocycles. The van der Waals surface area contributed by atoms with Gasteiger partial charge in [0.15, 0.2) is 0 Å². The zero-order valence-electron chi connectivity index (χ0n) is 11.6. The molecule has 2 aromatic rings. The maximum absolute atomic E-state index is 10.6. The highest BCUT2D eigenvalue weighted by molar-refractivity contribution is 5.34. The van der Waals surface area contributed by atoms with Crippen molar-refractivity contribution < 1.29 is 4.92 Å². The van der Waals surface area contributed by atoms with Crippen LogP contribution in [-0.2, 0) is 13.5 Å². The first-order valence-electron chi connectivity index (χ1n) is 6.52. The molecule has 1 aromatic carbocycles. The summed E-state index contributed by atoms with van der Waals surface area (Å²) in [7, 11) is 1.90. The maximum Gasteiger partial charge on any atom is 0.269 e. The van der Waals surface area contributed by atoms with Gasteiger partial charge in [-0.15, -0.1) is 0 Å². The summed E-state index contributed by atoms with van der Waals surface area (Å²) in [6.45, 7) is 2.86. The summed E-state index contributed by atoms with van der Waals surface area (Å²) in [5.74, 6) is 0. The number of hydrogen-bond acceptors (Lipinski definition) is 4.